The van der Waals surface area contributed by atoms with Crippen LogP contribution < -0.4 is 16.0 Å². The molecule has 0 radical (unpaired) electrons. The van der Waals surface area contributed by atoms with Crippen molar-refractivity contribution in [3.05, 3.63) is 59.1 Å². The van der Waals surface area contributed by atoms with Gasteiger partial charge in [-0.1, -0.05) is 0 Å². The van der Waals surface area contributed by atoms with Crippen molar-refractivity contribution in [3.8, 4) is 0 Å². The van der Waals surface area contributed by atoms with E-state index in [9.17, 15) is 39.6 Å². The van der Waals surface area contributed by atoms with E-state index in [0.717, 1.165) is 25.1 Å². The number of carbonyl (C=O) groups excluding carboxylic acids is 1. The van der Waals surface area contributed by atoms with Gasteiger partial charge in [-0.25, -0.2) is 26.4 Å². The fourth-order valence-corrected chi connectivity index (χ4v) is 5.69. The topological polar surface area (TPSA) is 100 Å². The molecule has 0 aliphatic carbocycles. The van der Waals surface area contributed by atoms with Crippen LogP contribution >= 0.6 is 0 Å². The van der Waals surface area contributed by atoms with Crippen LogP contribution in [0.2, 0.25) is 0 Å². The Labute approximate surface area is 200 Å². The van der Waals surface area contributed by atoms with E-state index in [1.165, 1.54) is 6.07 Å². The number of halogens is 6. The number of aryl methyl sites for hydroxylation is 1. The van der Waals surface area contributed by atoms with Gasteiger partial charge in [-0.05, 0) is 37.6 Å². The second-order valence-electron chi connectivity index (χ2n) is 8.40. The first-order valence-electron chi connectivity index (χ1n) is 10.5. The number of nitrogens with one attached hydrogen (secondary N) is 3. The number of fused-ring (bicyclic) bond motifs is 1. The highest BCUT2D eigenvalue weighted by molar-refractivity contribution is 7.91. The van der Waals surface area contributed by atoms with Gasteiger partial charge in [-0.15, -0.1) is 0 Å². The molecule has 0 spiro atoms. The van der Waals surface area contributed by atoms with Crippen molar-refractivity contribution in [1.82, 2.24) is 5.32 Å². The van der Waals surface area contributed by atoms with Crippen molar-refractivity contribution in [3.63, 3.8) is 0 Å². The smallest absolute Gasteiger partial charge is 0.416 e. The van der Waals surface area contributed by atoms with Crippen molar-refractivity contribution in [2.24, 2.45) is 0 Å². The summed E-state index contributed by atoms with van der Waals surface area (Å²) in [4.78, 5) is 12.4. The minimum Gasteiger partial charge on any atom is -0.455 e. The second kappa shape index (κ2) is 9.22. The van der Waals surface area contributed by atoms with Crippen molar-refractivity contribution >= 4 is 38.2 Å². The first kappa shape index (κ1) is 25.7. The maximum atomic E-state index is 14.1. The average Bonchev–Trinajstić information content (AvgIpc) is 3.24. The predicted octanol–water partition coefficient (Wildman–Crippen LogP) is 5.18. The zero-order valence-corrected chi connectivity index (χ0v) is 19.3. The molecular formula is C22H19F6N3O4S. The first-order valence-corrected chi connectivity index (χ1v) is 12.3. The van der Waals surface area contributed by atoms with E-state index < -0.39 is 62.9 Å². The van der Waals surface area contributed by atoms with Crippen LogP contribution in [0.25, 0.3) is 11.0 Å². The number of amides is 2. The minimum atomic E-state index is -5.09. The van der Waals surface area contributed by atoms with E-state index in [1.807, 2.05) is 0 Å². The average molecular weight is 535 g/mol. The Bertz CT molecular complexity index is 1440. The molecule has 194 valence electrons. The van der Waals surface area contributed by atoms with Crippen LogP contribution in [-0.4, -0.2) is 38.2 Å². The van der Waals surface area contributed by atoms with Crippen LogP contribution in [0, 0.1) is 24.4 Å². The number of alkyl halides is 3. The molecule has 0 unspecified atom stereocenters. The van der Waals surface area contributed by atoms with E-state index in [4.69, 9.17) is 4.42 Å². The summed E-state index contributed by atoms with van der Waals surface area (Å²) in [5.74, 6) is -4.11. The molecule has 36 heavy (non-hydrogen) atoms. The number of furan rings is 1. The SMILES string of the molecule is Cc1c([C@H](NC(=O)Nc2cc(F)cc(N[C@@H]3CCS(=O)(=O)C3)c2)C(F)(F)F)oc2c(F)cc(F)cc12. The Balaban J connectivity index is 1.55. The van der Waals surface area contributed by atoms with Gasteiger partial charge in [0.15, 0.2) is 27.3 Å². The number of benzene rings is 2. The van der Waals surface area contributed by atoms with Crippen LogP contribution in [-0.2, 0) is 9.84 Å². The lowest BCUT2D eigenvalue weighted by atomic mass is 10.1. The number of hydrogen-bond donors (Lipinski definition) is 3. The fraction of sp³-hybridized carbons (Fsp3) is 0.318. The maximum Gasteiger partial charge on any atom is 0.416 e. The van der Waals surface area contributed by atoms with Crippen LogP contribution in [0.1, 0.15) is 23.8 Å². The summed E-state index contributed by atoms with van der Waals surface area (Å²) in [5.41, 5.74) is -0.929. The highest BCUT2D eigenvalue weighted by Gasteiger charge is 2.45. The van der Waals surface area contributed by atoms with Gasteiger partial charge in [0.1, 0.15) is 17.4 Å². The fourth-order valence-electron chi connectivity index (χ4n) is 4.02. The highest BCUT2D eigenvalue weighted by Crippen LogP contribution is 2.39. The first-order chi connectivity index (χ1) is 16.7. The molecule has 14 heteroatoms. The Morgan fingerprint density at radius 1 is 1.06 bits per heavy atom. The van der Waals surface area contributed by atoms with E-state index >= 15 is 0 Å². The van der Waals surface area contributed by atoms with Crippen LogP contribution in [0.4, 0.5) is 42.5 Å². The maximum absolute atomic E-state index is 14.1. The lowest BCUT2D eigenvalue weighted by Crippen LogP contribution is -2.40. The molecule has 2 aromatic carbocycles. The number of carbonyl (C=O) groups is 1. The van der Waals surface area contributed by atoms with E-state index in [0.29, 0.717) is 6.07 Å². The third kappa shape index (κ3) is 5.53. The van der Waals surface area contributed by atoms with E-state index in [1.54, 1.807) is 5.32 Å². The number of rotatable bonds is 5. The van der Waals surface area contributed by atoms with Crippen molar-refractivity contribution in [2.45, 2.75) is 31.6 Å². The molecule has 7 nitrogen and oxygen atoms in total. The molecule has 0 bridgehead atoms. The molecule has 1 aliphatic heterocycles. The van der Waals surface area contributed by atoms with Gasteiger partial charge in [0, 0.05) is 34.4 Å². The zero-order chi connectivity index (χ0) is 26.4. The highest BCUT2D eigenvalue weighted by atomic mass is 32.2. The molecule has 4 rings (SSSR count). The number of urea groups is 1. The van der Waals surface area contributed by atoms with Gasteiger partial charge in [0.05, 0.1) is 11.5 Å². The monoisotopic (exact) mass is 535 g/mol. The van der Waals surface area contributed by atoms with Crippen LogP contribution in [0.15, 0.2) is 34.7 Å². The van der Waals surface area contributed by atoms with Gasteiger partial charge in [-0.3, -0.25) is 0 Å². The minimum absolute atomic E-state index is 0.0376. The lowest BCUT2D eigenvalue weighted by molar-refractivity contribution is -0.158. The summed E-state index contributed by atoms with van der Waals surface area (Å²) in [6, 6.07) is -0.234. The van der Waals surface area contributed by atoms with Gasteiger partial charge in [0.2, 0.25) is 0 Å². The van der Waals surface area contributed by atoms with Crippen molar-refractivity contribution in [2.75, 3.05) is 22.1 Å². The van der Waals surface area contributed by atoms with Gasteiger partial charge in [-0.2, -0.15) is 13.2 Å². The molecule has 1 saturated heterocycles. The summed E-state index contributed by atoms with van der Waals surface area (Å²) in [5, 5.41) is 6.35. The van der Waals surface area contributed by atoms with Crippen LogP contribution in [0.3, 0.4) is 0 Å². The standard InChI is InChI=1S/C22H19F6N3O4S/c1-10-16-6-12(24)7-17(25)19(16)35-18(10)20(22(26,27)28)31-21(32)30-15-5-11(23)4-14(8-15)29-13-2-3-36(33,34)9-13/h4-8,13,20,29H,2-3,9H2,1H3,(H2,30,31,32)/t13-,20+/m1/s1. The number of sulfone groups is 1. The zero-order valence-electron chi connectivity index (χ0n) is 18.5. The summed E-state index contributed by atoms with van der Waals surface area (Å²) in [7, 11) is -3.22. The third-order valence-electron chi connectivity index (χ3n) is 5.62. The lowest BCUT2D eigenvalue weighted by Gasteiger charge is -2.21. The summed E-state index contributed by atoms with van der Waals surface area (Å²) in [6.07, 6.45) is -4.80. The Morgan fingerprint density at radius 3 is 2.36 bits per heavy atom. The Morgan fingerprint density at radius 2 is 1.72 bits per heavy atom. The number of hydrogen-bond acceptors (Lipinski definition) is 5. The summed E-state index contributed by atoms with van der Waals surface area (Å²) >= 11 is 0. The molecule has 1 aromatic heterocycles. The Kier molecular flexibility index (Phi) is 6.58. The molecule has 1 aliphatic rings. The number of anilines is 2. The van der Waals surface area contributed by atoms with Crippen molar-refractivity contribution < 1.29 is 44.0 Å². The molecule has 3 aromatic rings. The predicted molar refractivity (Wildman–Crippen MR) is 119 cm³/mol. The quantitative estimate of drug-likeness (QED) is 0.391. The second-order valence-corrected chi connectivity index (χ2v) is 10.6. The Hall–Kier alpha value is -3.42. The van der Waals surface area contributed by atoms with Gasteiger partial charge < -0.3 is 20.4 Å². The molecule has 0 saturated carbocycles. The molecule has 2 heterocycles. The summed E-state index contributed by atoms with van der Waals surface area (Å²) < 4.78 is 111. The molecule has 2 amide bonds. The molecular weight excluding hydrogens is 516 g/mol. The largest absolute Gasteiger partial charge is 0.455 e. The van der Waals surface area contributed by atoms with Gasteiger partial charge in [0.25, 0.3) is 0 Å². The third-order valence-corrected chi connectivity index (χ3v) is 7.39. The molecule has 2 atom stereocenters. The van der Waals surface area contributed by atoms with Crippen LogP contribution in [0.5, 0.6) is 0 Å². The van der Waals surface area contributed by atoms with E-state index in [2.05, 4.69) is 10.6 Å². The van der Waals surface area contributed by atoms with Crippen molar-refractivity contribution in [1.29, 1.82) is 0 Å². The summed E-state index contributed by atoms with van der Waals surface area (Å²) in [6.45, 7) is 1.16. The normalized spacial score (nSPS) is 18.2. The van der Waals surface area contributed by atoms with Gasteiger partial charge >= 0.3 is 12.2 Å². The molecule has 1 fully saturated rings. The molecule has 3 N–H and O–H groups in total. The van der Waals surface area contributed by atoms with E-state index in [-0.39, 0.29) is 40.3 Å².